The summed E-state index contributed by atoms with van der Waals surface area (Å²) in [5.41, 5.74) is 7.45. The number of nitrogens with zero attached hydrogens (tertiary/aromatic N) is 3. The summed E-state index contributed by atoms with van der Waals surface area (Å²) in [6.45, 7) is 3.41. The Morgan fingerprint density at radius 1 is 1.64 bits per heavy atom. The Labute approximate surface area is 82.2 Å². The average Bonchev–Trinajstić information content (AvgIpc) is 2.20. The molecule has 0 amide bonds. The normalized spacial score (nSPS) is 19.5. The molecule has 6 nitrogen and oxygen atoms in total. The zero-order valence-corrected chi connectivity index (χ0v) is 8.19. The number of carbonyl (C=O) groups is 1. The van der Waals surface area contributed by atoms with E-state index in [9.17, 15) is 4.79 Å². The molecule has 0 aliphatic carbocycles. The van der Waals surface area contributed by atoms with E-state index in [0.29, 0.717) is 32.5 Å². The van der Waals surface area contributed by atoms with E-state index in [0.717, 1.165) is 0 Å². The summed E-state index contributed by atoms with van der Waals surface area (Å²) < 4.78 is 4.91. The minimum atomic E-state index is -0.976. The highest BCUT2D eigenvalue weighted by Gasteiger charge is 2.40. The van der Waals surface area contributed by atoms with Crippen LogP contribution in [0.5, 0.6) is 0 Å². The van der Waals surface area contributed by atoms with Gasteiger partial charge < -0.3 is 10.1 Å². The van der Waals surface area contributed by atoms with E-state index in [1.165, 1.54) is 0 Å². The molecular formula is C8H14N4O2. The summed E-state index contributed by atoms with van der Waals surface area (Å²) in [5, 5.41) is 6.70. The van der Waals surface area contributed by atoms with Crippen LogP contribution in [0.25, 0.3) is 10.4 Å². The maximum atomic E-state index is 11.6. The number of hydrogen-bond acceptors (Lipinski definition) is 4. The summed E-state index contributed by atoms with van der Waals surface area (Å²) in [6.07, 6.45) is 1.02. The van der Waals surface area contributed by atoms with Gasteiger partial charge >= 0.3 is 5.97 Å². The first-order valence-electron chi connectivity index (χ1n) is 4.69. The highest BCUT2D eigenvalue weighted by molar-refractivity contribution is 5.81. The molecule has 1 rings (SSSR count). The van der Waals surface area contributed by atoms with Crippen molar-refractivity contribution in [3.05, 3.63) is 10.4 Å². The zero-order chi connectivity index (χ0) is 10.4. The molecule has 1 N–H and O–H groups in total. The summed E-state index contributed by atoms with van der Waals surface area (Å²) in [5.74, 6) is -0.403. The van der Waals surface area contributed by atoms with Gasteiger partial charge in [-0.25, -0.2) is 0 Å². The van der Waals surface area contributed by atoms with Crippen LogP contribution < -0.4 is 5.32 Å². The molecule has 1 heterocycles. The molecule has 0 aromatic carbocycles. The third kappa shape index (κ3) is 2.16. The van der Waals surface area contributed by atoms with Crippen LogP contribution in [0, 0.1) is 0 Å². The van der Waals surface area contributed by atoms with Gasteiger partial charge in [0.05, 0.1) is 6.61 Å². The molecule has 78 valence electrons. The van der Waals surface area contributed by atoms with Crippen molar-refractivity contribution in [3.8, 4) is 0 Å². The fourth-order valence-electron chi connectivity index (χ4n) is 1.54. The van der Waals surface area contributed by atoms with Crippen molar-refractivity contribution >= 4 is 5.97 Å². The molecule has 1 aliphatic heterocycles. The SMILES string of the molecule is CCOC(=O)C1(N=[N+]=[N-])CCNCC1. The van der Waals surface area contributed by atoms with Crippen LogP contribution in [0.4, 0.5) is 0 Å². The number of carbonyl (C=O) groups excluding carboxylic acids is 1. The van der Waals surface area contributed by atoms with Gasteiger partial charge in [-0.3, -0.25) is 4.79 Å². The van der Waals surface area contributed by atoms with E-state index in [2.05, 4.69) is 15.3 Å². The summed E-state index contributed by atoms with van der Waals surface area (Å²) >= 11 is 0. The van der Waals surface area contributed by atoms with E-state index >= 15 is 0 Å². The molecule has 0 spiro atoms. The Balaban J connectivity index is 2.79. The Kier molecular flexibility index (Phi) is 3.73. The lowest BCUT2D eigenvalue weighted by molar-refractivity contribution is -0.150. The van der Waals surface area contributed by atoms with Crippen LogP contribution in [0.3, 0.4) is 0 Å². The number of azide groups is 1. The van der Waals surface area contributed by atoms with Gasteiger partial charge in [-0.1, -0.05) is 5.11 Å². The first-order chi connectivity index (χ1) is 6.75. The molecule has 0 saturated carbocycles. The molecule has 6 heteroatoms. The van der Waals surface area contributed by atoms with Gasteiger partial charge in [-0.2, -0.15) is 0 Å². The minimum absolute atomic E-state index is 0.314. The summed E-state index contributed by atoms with van der Waals surface area (Å²) in [7, 11) is 0. The average molecular weight is 198 g/mol. The molecule has 0 bridgehead atoms. The lowest BCUT2D eigenvalue weighted by atomic mass is 9.89. The second-order valence-electron chi connectivity index (χ2n) is 3.19. The van der Waals surface area contributed by atoms with Crippen LogP contribution in [0.1, 0.15) is 19.8 Å². The van der Waals surface area contributed by atoms with E-state index < -0.39 is 11.5 Å². The zero-order valence-electron chi connectivity index (χ0n) is 8.19. The Morgan fingerprint density at radius 2 is 2.29 bits per heavy atom. The Morgan fingerprint density at radius 3 is 2.79 bits per heavy atom. The van der Waals surface area contributed by atoms with Crippen LogP contribution in [0.15, 0.2) is 5.11 Å². The molecule has 0 atom stereocenters. The van der Waals surface area contributed by atoms with Gasteiger partial charge in [-0.05, 0) is 38.4 Å². The quantitative estimate of drug-likeness (QED) is 0.317. The third-order valence-corrected chi connectivity index (χ3v) is 2.32. The van der Waals surface area contributed by atoms with Crippen molar-refractivity contribution in [1.82, 2.24) is 5.32 Å². The number of hydrogen-bond donors (Lipinski definition) is 1. The molecular weight excluding hydrogens is 184 g/mol. The van der Waals surface area contributed by atoms with Crippen LogP contribution in [-0.2, 0) is 9.53 Å². The number of nitrogens with one attached hydrogen (secondary N) is 1. The third-order valence-electron chi connectivity index (χ3n) is 2.32. The van der Waals surface area contributed by atoms with Gasteiger partial charge in [0.2, 0.25) is 0 Å². The van der Waals surface area contributed by atoms with Crippen molar-refractivity contribution in [3.63, 3.8) is 0 Å². The number of piperidine rings is 1. The molecule has 1 aliphatic rings. The number of esters is 1. The number of ether oxygens (including phenoxy) is 1. The molecule has 0 unspecified atom stereocenters. The predicted octanol–water partition coefficient (Wildman–Crippen LogP) is 0.982. The van der Waals surface area contributed by atoms with Crippen molar-refractivity contribution < 1.29 is 9.53 Å². The van der Waals surface area contributed by atoms with Crippen LogP contribution in [-0.4, -0.2) is 31.2 Å². The van der Waals surface area contributed by atoms with Crippen molar-refractivity contribution in [2.45, 2.75) is 25.3 Å². The fourth-order valence-corrected chi connectivity index (χ4v) is 1.54. The largest absolute Gasteiger partial charge is 0.465 e. The lowest BCUT2D eigenvalue weighted by Crippen LogP contribution is -2.47. The van der Waals surface area contributed by atoms with Gasteiger partial charge in [0.15, 0.2) is 0 Å². The highest BCUT2D eigenvalue weighted by atomic mass is 16.5. The molecule has 0 aromatic heterocycles. The Hall–Kier alpha value is -1.26. The molecule has 1 saturated heterocycles. The standard InChI is InChI=1S/C8H14N4O2/c1-2-14-7(13)8(11-12-9)3-5-10-6-4-8/h10H,2-6H2,1H3. The second kappa shape index (κ2) is 4.83. The monoisotopic (exact) mass is 198 g/mol. The van der Waals surface area contributed by atoms with Gasteiger partial charge in [0, 0.05) is 4.91 Å². The van der Waals surface area contributed by atoms with E-state index in [-0.39, 0.29) is 0 Å². The minimum Gasteiger partial charge on any atom is -0.465 e. The van der Waals surface area contributed by atoms with E-state index in [1.807, 2.05) is 0 Å². The summed E-state index contributed by atoms with van der Waals surface area (Å²) in [4.78, 5) is 14.3. The summed E-state index contributed by atoms with van der Waals surface area (Å²) in [6, 6.07) is 0. The van der Waals surface area contributed by atoms with E-state index in [1.54, 1.807) is 6.92 Å². The molecule has 0 aromatic rings. The maximum Gasteiger partial charge on any atom is 0.318 e. The predicted molar refractivity (Wildman–Crippen MR) is 50.6 cm³/mol. The van der Waals surface area contributed by atoms with Gasteiger partial charge in [0.25, 0.3) is 0 Å². The first-order valence-corrected chi connectivity index (χ1v) is 4.69. The van der Waals surface area contributed by atoms with Gasteiger partial charge in [0.1, 0.15) is 5.54 Å². The van der Waals surface area contributed by atoms with E-state index in [4.69, 9.17) is 10.3 Å². The number of rotatable bonds is 3. The second-order valence-corrected chi connectivity index (χ2v) is 3.19. The smallest absolute Gasteiger partial charge is 0.318 e. The topological polar surface area (TPSA) is 87.1 Å². The molecule has 14 heavy (non-hydrogen) atoms. The highest BCUT2D eigenvalue weighted by Crippen LogP contribution is 2.25. The van der Waals surface area contributed by atoms with Crippen LogP contribution >= 0.6 is 0 Å². The van der Waals surface area contributed by atoms with Crippen molar-refractivity contribution in [1.29, 1.82) is 0 Å². The fraction of sp³-hybridized carbons (Fsp3) is 0.875. The van der Waals surface area contributed by atoms with Crippen molar-refractivity contribution in [2.24, 2.45) is 5.11 Å². The Bertz CT molecular complexity index is 254. The first kappa shape index (κ1) is 10.8. The maximum absolute atomic E-state index is 11.6. The lowest BCUT2D eigenvalue weighted by Gasteiger charge is -2.30. The van der Waals surface area contributed by atoms with Crippen LogP contribution in [0.2, 0.25) is 0 Å². The van der Waals surface area contributed by atoms with Crippen molar-refractivity contribution in [2.75, 3.05) is 19.7 Å². The van der Waals surface area contributed by atoms with Gasteiger partial charge in [-0.15, -0.1) is 0 Å². The molecule has 1 fully saturated rings. The molecule has 0 radical (unpaired) electrons.